The van der Waals surface area contributed by atoms with Crippen molar-refractivity contribution in [1.82, 2.24) is 9.21 Å². The van der Waals surface area contributed by atoms with E-state index >= 15 is 0 Å². The van der Waals surface area contributed by atoms with E-state index in [9.17, 15) is 8.42 Å². The Hall–Kier alpha value is -1.89. The Bertz CT molecular complexity index is 835. The van der Waals surface area contributed by atoms with Crippen LogP contribution in [0.5, 0.6) is 5.75 Å². The van der Waals surface area contributed by atoms with Crippen molar-refractivity contribution in [1.29, 1.82) is 0 Å². The first-order chi connectivity index (χ1) is 12.4. The number of sulfonamides is 1. The molecular formula is C20H26N2O3S. The predicted octanol–water partition coefficient (Wildman–Crippen LogP) is 2.82. The number of hydrogen-bond donors (Lipinski definition) is 0. The monoisotopic (exact) mass is 374 g/mol. The number of aryl methyl sites for hydroxylation is 2. The van der Waals surface area contributed by atoms with Gasteiger partial charge in [0, 0.05) is 32.7 Å². The van der Waals surface area contributed by atoms with Crippen LogP contribution < -0.4 is 4.74 Å². The van der Waals surface area contributed by atoms with Crippen LogP contribution in [0.15, 0.2) is 47.4 Å². The van der Waals surface area contributed by atoms with E-state index in [1.807, 2.05) is 32.0 Å². The average Bonchev–Trinajstić information content (AvgIpc) is 2.63. The lowest BCUT2D eigenvalue weighted by molar-refractivity contribution is 0.181. The first kappa shape index (κ1) is 18.9. The van der Waals surface area contributed by atoms with Crippen molar-refractivity contribution in [3.8, 4) is 5.75 Å². The molecule has 5 nitrogen and oxygen atoms in total. The summed E-state index contributed by atoms with van der Waals surface area (Å²) in [6.07, 6.45) is 0. The van der Waals surface area contributed by atoms with E-state index in [0.29, 0.717) is 18.0 Å². The minimum Gasteiger partial charge on any atom is -0.496 e. The van der Waals surface area contributed by atoms with Gasteiger partial charge in [0.2, 0.25) is 10.0 Å². The third-order valence-corrected chi connectivity index (χ3v) is 6.73. The summed E-state index contributed by atoms with van der Waals surface area (Å²) in [6, 6.07) is 13.7. The molecule has 0 spiro atoms. The molecule has 6 heteroatoms. The summed E-state index contributed by atoms with van der Waals surface area (Å²) in [6.45, 7) is 7.11. The minimum absolute atomic E-state index is 0.352. The largest absolute Gasteiger partial charge is 0.496 e. The summed E-state index contributed by atoms with van der Waals surface area (Å²) in [5.74, 6) is 0.747. The lowest BCUT2D eigenvalue weighted by Crippen LogP contribution is -2.48. The van der Waals surface area contributed by atoms with Crippen molar-refractivity contribution in [2.45, 2.75) is 25.3 Å². The van der Waals surface area contributed by atoms with Gasteiger partial charge in [-0.05, 0) is 42.7 Å². The van der Waals surface area contributed by atoms with Crippen LogP contribution in [0.3, 0.4) is 0 Å². The van der Waals surface area contributed by atoms with Gasteiger partial charge >= 0.3 is 0 Å². The maximum absolute atomic E-state index is 13.0. The molecule has 1 fully saturated rings. The van der Waals surface area contributed by atoms with Crippen molar-refractivity contribution in [3.05, 3.63) is 59.2 Å². The van der Waals surface area contributed by atoms with Gasteiger partial charge in [-0.3, -0.25) is 4.90 Å². The van der Waals surface area contributed by atoms with E-state index in [4.69, 9.17) is 4.74 Å². The molecule has 3 rings (SSSR count). The van der Waals surface area contributed by atoms with Crippen molar-refractivity contribution < 1.29 is 13.2 Å². The predicted molar refractivity (Wildman–Crippen MR) is 103 cm³/mol. The van der Waals surface area contributed by atoms with Crippen LogP contribution in [0.1, 0.15) is 16.7 Å². The van der Waals surface area contributed by atoms with E-state index in [-0.39, 0.29) is 0 Å². The Morgan fingerprint density at radius 3 is 2.08 bits per heavy atom. The van der Waals surface area contributed by atoms with Crippen LogP contribution in [0.4, 0.5) is 0 Å². The normalized spacial score (nSPS) is 16.6. The first-order valence-electron chi connectivity index (χ1n) is 8.83. The maximum atomic E-state index is 13.0. The fourth-order valence-electron chi connectivity index (χ4n) is 3.50. The second kappa shape index (κ2) is 7.78. The second-order valence-corrected chi connectivity index (χ2v) is 8.69. The molecule has 0 amide bonds. The molecule has 1 aliphatic rings. The van der Waals surface area contributed by atoms with Crippen LogP contribution in [0.2, 0.25) is 0 Å². The minimum atomic E-state index is -3.48. The number of benzene rings is 2. The zero-order chi connectivity index (χ0) is 18.7. The van der Waals surface area contributed by atoms with E-state index in [2.05, 4.69) is 17.0 Å². The molecule has 0 aromatic heterocycles. The van der Waals surface area contributed by atoms with Crippen LogP contribution in [-0.2, 0) is 16.6 Å². The summed E-state index contributed by atoms with van der Waals surface area (Å²) < 4.78 is 33.0. The number of hydrogen-bond acceptors (Lipinski definition) is 4. The standard InChI is InChI=1S/C20H26N2O3S/c1-16-13-19(14-17(2)20(16)25-3)26(23,24)22-11-9-21(10-12-22)15-18-7-5-4-6-8-18/h4-8,13-14H,9-12,15H2,1-3H3. The molecule has 26 heavy (non-hydrogen) atoms. The maximum Gasteiger partial charge on any atom is 0.243 e. The molecule has 0 aliphatic carbocycles. The van der Waals surface area contributed by atoms with Gasteiger partial charge in [-0.25, -0.2) is 8.42 Å². The number of nitrogens with zero attached hydrogens (tertiary/aromatic N) is 2. The molecular weight excluding hydrogens is 348 g/mol. The van der Waals surface area contributed by atoms with E-state index < -0.39 is 10.0 Å². The van der Waals surface area contributed by atoms with Gasteiger partial charge in [-0.1, -0.05) is 30.3 Å². The van der Waals surface area contributed by atoms with Gasteiger partial charge < -0.3 is 4.74 Å². The quantitative estimate of drug-likeness (QED) is 0.808. The van der Waals surface area contributed by atoms with Gasteiger partial charge in [0.15, 0.2) is 0 Å². The lowest BCUT2D eigenvalue weighted by atomic mass is 10.1. The first-order valence-corrected chi connectivity index (χ1v) is 10.3. The highest BCUT2D eigenvalue weighted by Crippen LogP contribution is 2.28. The molecule has 1 saturated heterocycles. The molecule has 0 saturated carbocycles. The highest BCUT2D eigenvalue weighted by Gasteiger charge is 2.29. The molecule has 2 aromatic carbocycles. The van der Waals surface area contributed by atoms with Crippen LogP contribution in [-0.4, -0.2) is 50.9 Å². The number of piperazine rings is 1. The summed E-state index contributed by atoms with van der Waals surface area (Å²) in [4.78, 5) is 2.65. The number of methoxy groups -OCH3 is 1. The number of rotatable bonds is 5. The summed E-state index contributed by atoms with van der Waals surface area (Å²) >= 11 is 0. The Balaban J connectivity index is 1.70. The Morgan fingerprint density at radius 2 is 1.54 bits per heavy atom. The Kier molecular flexibility index (Phi) is 5.65. The highest BCUT2D eigenvalue weighted by molar-refractivity contribution is 7.89. The van der Waals surface area contributed by atoms with Crippen molar-refractivity contribution in [3.63, 3.8) is 0 Å². The molecule has 140 valence electrons. The van der Waals surface area contributed by atoms with Gasteiger partial charge in [0.1, 0.15) is 5.75 Å². The van der Waals surface area contributed by atoms with Gasteiger partial charge in [0.25, 0.3) is 0 Å². The molecule has 0 radical (unpaired) electrons. The summed E-state index contributed by atoms with van der Waals surface area (Å²) in [7, 11) is -1.87. The van der Waals surface area contributed by atoms with Crippen LogP contribution in [0, 0.1) is 13.8 Å². The molecule has 0 bridgehead atoms. The molecule has 0 unspecified atom stereocenters. The Labute approximate surface area is 156 Å². The Morgan fingerprint density at radius 1 is 0.962 bits per heavy atom. The van der Waals surface area contributed by atoms with E-state index in [0.717, 1.165) is 36.5 Å². The SMILES string of the molecule is COc1c(C)cc(S(=O)(=O)N2CCN(Cc3ccccc3)CC2)cc1C. The molecule has 0 N–H and O–H groups in total. The molecule has 2 aromatic rings. The third kappa shape index (κ3) is 3.92. The molecule has 0 atom stereocenters. The lowest BCUT2D eigenvalue weighted by Gasteiger charge is -2.34. The third-order valence-electron chi connectivity index (χ3n) is 4.86. The zero-order valence-corrected chi connectivity index (χ0v) is 16.4. The van der Waals surface area contributed by atoms with Crippen molar-refractivity contribution >= 4 is 10.0 Å². The topological polar surface area (TPSA) is 49.9 Å². The fourth-order valence-corrected chi connectivity index (χ4v) is 5.09. The van der Waals surface area contributed by atoms with Crippen molar-refractivity contribution in [2.75, 3.05) is 33.3 Å². The van der Waals surface area contributed by atoms with Gasteiger partial charge in [0.05, 0.1) is 12.0 Å². The second-order valence-electron chi connectivity index (χ2n) is 6.76. The average molecular weight is 375 g/mol. The summed E-state index contributed by atoms with van der Waals surface area (Å²) in [5.41, 5.74) is 2.94. The van der Waals surface area contributed by atoms with E-state index in [1.165, 1.54) is 5.56 Å². The molecule has 1 aliphatic heterocycles. The zero-order valence-electron chi connectivity index (χ0n) is 15.6. The smallest absolute Gasteiger partial charge is 0.243 e. The highest BCUT2D eigenvalue weighted by atomic mass is 32.2. The number of ether oxygens (including phenoxy) is 1. The molecule has 1 heterocycles. The van der Waals surface area contributed by atoms with E-state index in [1.54, 1.807) is 23.5 Å². The van der Waals surface area contributed by atoms with Gasteiger partial charge in [-0.2, -0.15) is 4.31 Å². The van der Waals surface area contributed by atoms with Crippen LogP contribution >= 0.6 is 0 Å². The fraction of sp³-hybridized carbons (Fsp3) is 0.400. The van der Waals surface area contributed by atoms with Crippen LogP contribution in [0.25, 0.3) is 0 Å². The van der Waals surface area contributed by atoms with Crippen molar-refractivity contribution in [2.24, 2.45) is 0 Å². The summed E-state index contributed by atoms with van der Waals surface area (Å²) in [5, 5.41) is 0. The van der Waals surface area contributed by atoms with Gasteiger partial charge in [-0.15, -0.1) is 0 Å².